The molecule has 0 saturated heterocycles. The second kappa shape index (κ2) is 9.16. The van der Waals surface area contributed by atoms with Crippen molar-refractivity contribution in [1.29, 1.82) is 0 Å². The Labute approximate surface area is 174 Å². The molecular formula is C16H18ClF4N4O4S+. The van der Waals surface area contributed by atoms with Gasteiger partial charge in [-0.1, -0.05) is 11.6 Å². The lowest BCUT2D eigenvalue weighted by Crippen LogP contribution is -2.32. The van der Waals surface area contributed by atoms with E-state index in [9.17, 15) is 36.0 Å². The summed E-state index contributed by atoms with van der Waals surface area (Å²) in [6, 6.07) is 1.05. The molecular weight excluding hydrogens is 456 g/mol. The van der Waals surface area contributed by atoms with Crippen LogP contribution in [0.4, 0.5) is 23.2 Å². The first-order valence-electron chi connectivity index (χ1n) is 8.55. The lowest BCUT2D eigenvalue weighted by molar-refractivity contribution is -0.905. The fourth-order valence-corrected chi connectivity index (χ4v) is 3.99. The normalized spacial score (nSPS) is 12.2. The van der Waals surface area contributed by atoms with Crippen LogP contribution in [0.25, 0.3) is 5.69 Å². The number of halogens is 5. The highest BCUT2D eigenvalue weighted by Gasteiger charge is 2.30. The highest BCUT2D eigenvalue weighted by molar-refractivity contribution is 7.91. The smallest absolute Gasteiger partial charge is 0.308 e. The molecule has 0 atom stereocenters. The van der Waals surface area contributed by atoms with Crippen LogP contribution in [0.1, 0.15) is 19.8 Å². The zero-order valence-corrected chi connectivity index (χ0v) is 17.2. The topological polar surface area (TPSA) is 96.4 Å². The maximum Gasteiger partial charge on any atom is 0.390 e. The molecule has 14 heteroatoms. The minimum atomic E-state index is -4.61. The Balaban J connectivity index is 2.15. The quantitative estimate of drug-likeness (QED) is 0.360. The molecule has 2 rings (SSSR count). The number of nitrogens with zero attached hydrogens (tertiary/aromatic N) is 4. The molecule has 0 aromatic carbocycles. The maximum absolute atomic E-state index is 13.5. The van der Waals surface area contributed by atoms with Crippen LogP contribution >= 0.6 is 11.6 Å². The number of aromatic nitrogens is 3. The van der Waals surface area contributed by atoms with Gasteiger partial charge in [0.05, 0.1) is 24.1 Å². The SMILES string of the molecule is CCN(C(=O)CCS(=O)(=O)CCC(F)(F)F)c1cn(-c2cc(F)c[n+](O)c2)nc1Cl. The number of sulfone groups is 1. The van der Waals surface area contributed by atoms with E-state index in [1.54, 1.807) is 6.92 Å². The summed E-state index contributed by atoms with van der Waals surface area (Å²) in [5.74, 6) is -3.31. The maximum atomic E-state index is 13.5. The summed E-state index contributed by atoms with van der Waals surface area (Å²) in [4.78, 5) is 13.6. The predicted octanol–water partition coefficient (Wildman–Crippen LogP) is 2.30. The van der Waals surface area contributed by atoms with Gasteiger partial charge in [0.15, 0.2) is 20.8 Å². The van der Waals surface area contributed by atoms with Crippen molar-refractivity contribution in [2.75, 3.05) is 23.0 Å². The third-order valence-corrected chi connectivity index (χ3v) is 5.87. The van der Waals surface area contributed by atoms with Crippen molar-refractivity contribution in [3.63, 3.8) is 0 Å². The molecule has 0 aliphatic heterocycles. The highest BCUT2D eigenvalue weighted by Crippen LogP contribution is 2.27. The molecule has 2 heterocycles. The van der Waals surface area contributed by atoms with Crippen LogP contribution in [0.3, 0.4) is 0 Å². The van der Waals surface area contributed by atoms with Crippen LogP contribution < -0.4 is 9.63 Å². The Morgan fingerprint density at radius 1 is 1.33 bits per heavy atom. The summed E-state index contributed by atoms with van der Waals surface area (Å²) in [6.45, 7) is 1.64. The zero-order chi connectivity index (χ0) is 22.7. The summed E-state index contributed by atoms with van der Waals surface area (Å²) >= 11 is 6.05. The fraction of sp³-hybridized carbons (Fsp3) is 0.438. The van der Waals surface area contributed by atoms with Crippen molar-refractivity contribution in [3.8, 4) is 5.69 Å². The van der Waals surface area contributed by atoms with E-state index in [0.29, 0.717) is 4.73 Å². The van der Waals surface area contributed by atoms with Gasteiger partial charge >= 0.3 is 6.18 Å². The second-order valence-corrected chi connectivity index (χ2v) is 8.91. The number of alkyl halides is 3. The highest BCUT2D eigenvalue weighted by atomic mass is 35.5. The molecule has 0 aliphatic rings. The molecule has 0 unspecified atom stereocenters. The first-order valence-corrected chi connectivity index (χ1v) is 10.8. The van der Waals surface area contributed by atoms with E-state index in [0.717, 1.165) is 28.0 Å². The average molecular weight is 474 g/mol. The summed E-state index contributed by atoms with van der Waals surface area (Å²) in [5.41, 5.74) is 0.175. The molecule has 0 spiro atoms. The van der Waals surface area contributed by atoms with Crippen molar-refractivity contribution in [3.05, 3.63) is 35.6 Å². The van der Waals surface area contributed by atoms with E-state index in [1.165, 1.54) is 6.20 Å². The van der Waals surface area contributed by atoms with Crippen LogP contribution in [-0.2, 0) is 14.6 Å². The minimum absolute atomic E-state index is 0.0655. The molecule has 2 aromatic heterocycles. The first-order chi connectivity index (χ1) is 13.8. The Kier molecular flexibility index (Phi) is 7.29. The van der Waals surface area contributed by atoms with Gasteiger partial charge in [-0.3, -0.25) is 10.0 Å². The molecule has 0 aliphatic carbocycles. The molecule has 8 nitrogen and oxygen atoms in total. The Morgan fingerprint density at radius 2 is 2.00 bits per heavy atom. The molecule has 0 bridgehead atoms. The number of hydrogen-bond donors (Lipinski definition) is 1. The largest absolute Gasteiger partial charge is 0.390 e. The predicted molar refractivity (Wildman–Crippen MR) is 97.9 cm³/mol. The van der Waals surface area contributed by atoms with Gasteiger partial charge in [-0.15, -0.1) is 0 Å². The van der Waals surface area contributed by atoms with Crippen LogP contribution in [0.15, 0.2) is 24.7 Å². The molecule has 0 radical (unpaired) electrons. The summed E-state index contributed by atoms with van der Waals surface area (Å²) in [6.07, 6.45) is -3.45. The van der Waals surface area contributed by atoms with E-state index in [-0.39, 0.29) is 23.1 Å². The Hall–Kier alpha value is -2.41. The average Bonchev–Trinajstić information content (AvgIpc) is 3.00. The van der Waals surface area contributed by atoms with Gasteiger partial charge in [-0.05, 0) is 6.92 Å². The van der Waals surface area contributed by atoms with Crippen LogP contribution in [0.2, 0.25) is 5.15 Å². The number of pyridine rings is 1. The number of amides is 1. The Morgan fingerprint density at radius 3 is 2.57 bits per heavy atom. The van der Waals surface area contributed by atoms with Gasteiger partial charge in [0.1, 0.15) is 11.4 Å². The molecule has 2 aromatic rings. The number of hydrogen-bond acceptors (Lipinski definition) is 5. The van der Waals surface area contributed by atoms with E-state index < -0.39 is 52.1 Å². The second-order valence-electron chi connectivity index (χ2n) is 6.25. The Bertz CT molecular complexity index is 1010. The molecule has 0 saturated carbocycles. The van der Waals surface area contributed by atoms with Crippen LogP contribution in [-0.4, -0.2) is 53.5 Å². The fourth-order valence-electron chi connectivity index (χ4n) is 2.53. The lowest BCUT2D eigenvalue weighted by atomic mass is 10.3. The minimum Gasteiger partial charge on any atom is -0.308 e. The van der Waals surface area contributed by atoms with Gasteiger partial charge in [0, 0.05) is 23.8 Å². The third kappa shape index (κ3) is 6.55. The van der Waals surface area contributed by atoms with Gasteiger partial charge < -0.3 is 4.90 Å². The van der Waals surface area contributed by atoms with Crippen molar-refractivity contribution < 1.29 is 40.7 Å². The van der Waals surface area contributed by atoms with Gasteiger partial charge in [0.25, 0.3) is 6.20 Å². The first kappa shape index (κ1) is 23.9. The molecule has 30 heavy (non-hydrogen) atoms. The van der Waals surface area contributed by atoms with Crippen molar-refractivity contribution in [2.45, 2.75) is 25.9 Å². The van der Waals surface area contributed by atoms with E-state index in [4.69, 9.17) is 11.6 Å². The molecule has 0 fully saturated rings. The van der Waals surface area contributed by atoms with Crippen LogP contribution in [0.5, 0.6) is 0 Å². The summed E-state index contributed by atoms with van der Waals surface area (Å²) in [7, 11) is -4.08. The zero-order valence-electron chi connectivity index (χ0n) is 15.6. The van der Waals surface area contributed by atoms with E-state index in [1.807, 2.05) is 0 Å². The lowest BCUT2D eigenvalue weighted by Gasteiger charge is -2.19. The van der Waals surface area contributed by atoms with Gasteiger partial charge in [0.2, 0.25) is 12.1 Å². The van der Waals surface area contributed by atoms with Crippen molar-refractivity contribution in [2.24, 2.45) is 0 Å². The summed E-state index contributed by atoms with van der Waals surface area (Å²) in [5, 5.41) is 13.2. The summed E-state index contributed by atoms with van der Waals surface area (Å²) < 4.78 is 75.3. The monoisotopic (exact) mass is 473 g/mol. The van der Waals surface area contributed by atoms with E-state index in [2.05, 4.69) is 5.10 Å². The number of anilines is 1. The number of rotatable bonds is 8. The van der Waals surface area contributed by atoms with Gasteiger partial charge in [-0.2, -0.15) is 18.3 Å². The van der Waals surface area contributed by atoms with E-state index >= 15 is 0 Å². The molecule has 1 amide bonds. The van der Waals surface area contributed by atoms with Crippen molar-refractivity contribution in [1.82, 2.24) is 9.78 Å². The number of carbonyl (C=O) groups is 1. The molecule has 1 N–H and O–H groups in total. The van der Waals surface area contributed by atoms with Crippen molar-refractivity contribution >= 4 is 33.0 Å². The standard InChI is InChI=1S/C16H18ClF4N4O4S/c1-2-24(14(26)3-5-30(28,29)6-4-16(19,20)21)13-10-25(22-15(13)17)12-7-11(18)8-23(27)9-12/h7-10,27H,2-6H2,1H3/q+1. The third-order valence-electron chi connectivity index (χ3n) is 3.95. The van der Waals surface area contributed by atoms with Gasteiger partial charge in [-0.25, -0.2) is 17.5 Å². The number of carbonyl (C=O) groups excluding carboxylic acids is 1. The molecule has 166 valence electrons. The van der Waals surface area contributed by atoms with Crippen LogP contribution in [0, 0.1) is 5.82 Å².